The molecule has 2 unspecified atom stereocenters. The number of hydrogen-bond donors (Lipinski definition) is 1. The van der Waals surface area contributed by atoms with Crippen LogP contribution < -0.4 is 5.32 Å². The second-order valence-corrected chi connectivity index (χ2v) is 7.50. The highest BCUT2D eigenvalue weighted by atomic mass is 16.5. The van der Waals surface area contributed by atoms with Crippen LogP contribution >= 0.6 is 0 Å². The largest absolute Gasteiger partial charge is 0.373 e. The van der Waals surface area contributed by atoms with Crippen molar-refractivity contribution in [1.29, 1.82) is 0 Å². The summed E-state index contributed by atoms with van der Waals surface area (Å²) in [6, 6.07) is 8.70. The van der Waals surface area contributed by atoms with E-state index in [9.17, 15) is 4.79 Å². The predicted octanol–water partition coefficient (Wildman–Crippen LogP) is 2.12. The maximum Gasteiger partial charge on any atom is 0.253 e. The standard InChI is InChI=1S/C20H31N3O2/c1-15-12-22(13-16(2)25-15)14-17-4-6-18(7-5-17)20(24)23-10-8-19(21-3)9-11-23/h4-7,15-16,19,21H,8-14H2,1-3H3. The third-order valence-electron chi connectivity index (χ3n) is 5.29. The molecule has 2 heterocycles. The van der Waals surface area contributed by atoms with Crippen LogP contribution in [0, 0.1) is 0 Å². The zero-order chi connectivity index (χ0) is 17.8. The number of benzene rings is 1. The highest BCUT2D eigenvalue weighted by Crippen LogP contribution is 2.17. The van der Waals surface area contributed by atoms with Gasteiger partial charge in [0.15, 0.2) is 0 Å². The first kappa shape index (κ1) is 18.4. The van der Waals surface area contributed by atoms with Crippen molar-refractivity contribution in [3.8, 4) is 0 Å². The molecule has 2 aliphatic heterocycles. The first-order valence-electron chi connectivity index (χ1n) is 9.48. The molecule has 5 nitrogen and oxygen atoms in total. The number of nitrogens with zero attached hydrogens (tertiary/aromatic N) is 2. The van der Waals surface area contributed by atoms with Crippen LogP contribution in [0.2, 0.25) is 0 Å². The van der Waals surface area contributed by atoms with Crippen LogP contribution in [0.3, 0.4) is 0 Å². The summed E-state index contributed by atoms with van der Waals surface area (Å²) in [4.78, 5) is 17.1. The molecule has 0 spiro atoms. The van der Waals surface area contributed by atoms with Gasteiger partial charge in [-0.05, 0) is 51.4 Å². The Morgan fingerprint density at radius 3 is 2.28 bits per heavy atom. The third-order valence-corrected chi connectivity index (χ3v) is 5.29. The Labute approximate surface area is 151 Å². The number of ether oxygens (including phenoxy) is 1. The molecule has 5 heteroatoms. The van der Waals surface area contributed by atoms with Gasteiger partial charge in [-0.2, -0.15) is 0 Å². The van der Waals surface area contributed by atoms with Gasteiger partial charge >= 0.3 is 0 Å². The van der Waals surface area contributed by atoms with Gasteiger partial charge in [0.05, 0.1) is 12.2 Å². The van der Waals surface area contributed by atoms with Crippen molar-refractivity contribution in [2.75, 3.05) is 33.2 Å². The van der Waals surface area contributed by atoms with Crippen LogP contribution in [0.15, 0.2) is 24.3 Å². The lowest BCUT2D eigenvalue weighted by atomic mass is 10.0. The number of carbonyl (C=O) groups is 1. The molecular formula is C20H31N3O2. The lowest BCUT2D eigenvalue weighted by Crippen LogP contribution is -2.44. The lowest BCUT2D eigenvalue weighted by Gasteiger charge is -2.35. The normalized spacial score (nSPS) is 26.0. The van der Waals surface area contributed by atoms with Crippen molar-refractivity contribution in [3.05, 3.63) is 35.4 Å². The number of morpholine rings is 1. The van der Waals surface area contributed by atoms with E-state index in [4.69, 9.17) is 4.74 Å². The third kappa shape index (κ3) is 4.81. The topological polar surface area (TPSA) is 44.8 Å². The van der Waals surface area contributed by atoms with Crippen LogP contribution in [-0.4, -0.2) is 67.2 Å². The second-order valence-electron chi connectivity index (χ2n) is 7.50. The fourth-order valence-electron chi connectivity index (χ4n) is 3.98. The van der Waals surface area contributed by atoms with Gasteiger partial charge in [-0.3, -0.25) is 9.69 Å². The Morgan fingerprint density at radius 1 is 1.12 bits per heavy atom. The SMILES string of the molecule is CNC1CCN(C(=O)c2ccc(CN3CC(C)OC(C)C3)cc2)CC1. The summed E-state index contributed by atoms with van der Waals surface area (Å²) in [5.41, 5.74) is 2.06. The number of piperidine rings is 1. The maximum atomic E-state index is 12.7. The van der Waals surface area contributed by atoms with E-state index in [1.807, 2.05) is 24.1 Å². The van der Waals surface area contributed by atoms with Crippen molar-refractivity contribution in [2.24, 2.45) is 0 Å². The van der Waals surface area contributed by atoms with Gasteiger partial charge in [0.25, 0.3) is 5.91 Å². The minimum Gasteiger partial charge on any atom is -0.373 e. The van der Waals surface area contributed by atoms with E-state index < -0.39 is 0 Å². The molecule has 2 aliphatic rings. The molecule has 3 rings (SSSR count). The summed E-state index contributed by atoms with van der Waals surface area (Å²) in [6.45, 7) is 8.78. The summed E-state index contributed by atoms with van der Waals surface area (Å²) in [5.74, 6) is 0.162. The van der Waals surface area contributed by atoms with Crippen molar-refractivity contribution < 1.29 is 9.53 Å². The van der Waals surface area contributed by atoms with E-state index in [1.54, 1.807) is 0 Å². The van der Waals surface area contributed by atoms with Crippen molar-refractivity contribution in [1.82, 2.24) is 15.1 Å². The van der Waals surface area contributed by atoms with E-state index in [0.29, 0.717) is 6.04 Å². The molecule has 1 amide bonds. The second kappa shape index (κ2) is 8.30. The predicted molar refractivity (Wildman–Crippen MR) is 99.7 cm³/mol. The monoisotopic (exact) mass is 345 g/mol. The van der Waals surface area contributed by atoms with E-state index in [-0.39, 0.29) is 18.1 Å². The van der Waals surface area contributed by atoms with Gasteiger partial charge in [0, 0.05) is 44.3 Å². The van der Waals surface area contributed by atoms with Crippen molar-refractivity contribution >= 4 is 5.91 Å². The maximum absolute atomic E-state index is 12.7. The molecule has 25 heavy (non-hydrogen) atoms. The van der Waals surface area contributed by atoms with Gasteiger partial charge in [0.2, 0.25) is 0 Å². The van der Waals surface area contributed by atoms with Gasteiger partial charge in [-0.1, -0.05) is 12.1 Å². The number of amides is 1. The van der Waals surface area contributed by atoms with Gasteiger partial charge < -0.3 is 15.0 Å². The number of carbonyl (C=O) groups excluding carboxylic acids is 1. The molecule has 0 radical (unpaired) electrons. The minimum atomic E-state index is 0.162. The summed E-state index contributed by atoms with van der Waals surface area (Å²) >= 11 is 0. The van der Waals surface area contributed by atoms with Gasteiger partial charge in [-0.15, -0.1) is 0 Å². The molecule has 0 aromatic heterocycles. The molecule has 138 valence electrons. The van der Waals surface area contributed by atoms with Crippen LogP contribution in [-0.2, 0) is 11.3 Å². The smallest absolute Gasteiger partial charge is 0.253 e. The Hall–Kier alpha value is -1.43. The molecule has 0 saturated carbocycles. The molecule has 1 aromatic rings. The zero-order valence-electron chi connectivity index (χ0n) is 15.7. The van der Waals surface area contributed by atoms with Crippen molar-refractivity contribution in [3.63, 3.8) is 0 Å². The molecule has 2 atom stereocenters. The summed E-state index contributed by atoms with van der Waals surface area (Å²) < 4.78 is 5.79. The zero-order valence-corrected chi connectivity index (χ0v) is 15.7. The van der Waals surface area contributed by atoms with Crippen LogP contribution in [0.4, 0.5) is 0 Å². The molecule has 2 saturated heterocycles. The fourth-order valence-corrected chi connectivity index (χ4v) is 3.98. The average Bonchev–Trinajstić information content (AvgIpc) is 2.61. The van der Waals surface area contributed by atoms with Gasteiger partial charge in [0.1, 0.15) is 0 Å². The van der Waals surface area contributed by atoms with E-state index in [0.717, 1.165) is 51.1 Å². The summed E-state index contributed by atoms with van der Waals surface area (Å²) in [6.07, 6.45) is 2.64. The Bertz CT molecular complexity index is 557. The van der Waals surface area contributed by atoms with E-state index in [2.05, 4.69) is 36.2 Å². The Balaban J connectivity index is 1.56. The quantitative estimate of drug-likeness (QED) is 0.908. The first-order chi connectivity index (χ1) is 12.0. The molecule has 1 N–H and O–H groups in total. The Kier molecular flexibility index (Phi) is 6.10. The number of nitrogens with one attached hydrogen (secondary N) is 1. The minimum absolute atomic E-state index is 0.162. The molecular weight excluding hydrogens is 314 g/mol. The highest BCUT2D eigenvalue weighted by Gasteiger charge is 2.24. The summed E-state index contributed by atoms with van der Waals surface area (Å²) in [5, 5.41) is 3.30. The molecule has 0 bridgehead atoms. The molecule has 2 fully saturated rings. The van der Waals surface area contributed by atoms with E-state index >= 15 is 0 Å². The van der Waals surface area contributed by atoms with E-state index in [1.165, 1.54) is 5.56 Å². The van der Waals surface area contributed by atoms with Crippen LogP contribution in [0.25, 0.3) is 0 Å². The fraction of sp³-hybridized carbons (Fsp3) is 0.650. The van der Waals surface area contributed by atoms with Crippen LogP contribution in [0.5, 0.6) is 0 Å². The van der Waals surface area contributed by atoms with Crippen LogP contribution in [0.1, 0.15) is 42.6 Å². The number of likely N-dealkylation sites (tertiary alicyclic amines) is 1. The summed E-state index contributed by atoms with van der Waals surface area (Å²) in [7, 11) is 2.00. The van der Waals surface area contributed by atoms with Crippen molar-refractivity contribution in [2.45, 2.75) is 51.5 Å². The number of hydrogen-bond acceptors (Lipinski definition) is 4. The van der Waals surface area contributed by atoms with Gasteiger partial charge in [-0.25, -0.2) is 0 Å². The Morgan fingerprint density at radius 2 is 1.72 bits per heavy atom. The lowest BCUT2D eigenvalue weighted by molar-refractivity contribution is -0.0704. The first-order valence-corrected chi connectivity index (χ1v) is 9.48. The highest BCUT2D eigenvalue weighted by molar-refractivity contribution is 5.94. The molecule has 1 aromatic carbocycles. The number of rotatable bonds is 4. The average molecular weight is 345 g/mol. The molecule has 0 aliphatic carbocycles.